The number of benzene rings is 1. The predicted molar refractivity (Wildman–Crippen MR) is 74.1 cm³/mol. The number of hydrogen-bond donors (Lipinski definition) is 1. The second kappa shape index (κ2) is 4.97. The van der Waals surface area contributed by atoms with Gasteiger partial charge in [-0.15, -0.1) is 0 Å². The van der Waals surface area contributed by atoms with Crippen molar-refractivity contribution in [2.45, 2.75) is 31.1 Å². The number of amides is 1. The molecule has 0 unspecified atom stereocenters. The van der Waals surface area contributed by atoms with E-state index in [0.717, 1.165) is 6.54 Å². The van der Waals surface area contributed by atoms with Crippen molar-refractivity contribution < 1.29 is 9.53 Å². The van der Waals surface area contributed by atoms with Crippen LogP contribution in [0.15, 0.2) is 24.3 Å². The molecule has 1 N–H and O–H groups in total. The first kappa shape index (κ1) is 12.7. The van der Waals surface area contributed by atoms with Gasteiger partial charge in [0.1, 0.15) is 0 Å². The lowest BCUT2D eigenvalue weighted by Gasteiger charge is -2.12. The number of aryl methyl sites for hydroxylation is 1. The minimum atomic E-state index is 0.107. The summed E-state index contributed by atoms with van der Waals surface area (Å²) in [6, 6.07) is 8.78. The van der Waals surface area contributed by atoms with Crippen molar-refractivity contribution in [2.75, 3.05) is 20.3 Å². The van der Waals surface area contributed by atoms with Gasteiger partial charge >= 0.3 is 0 Å². The largest absolute Gasteiger partial charge is 0.384 e. The lowest BCUT2D eigenvalue weighted by Crippen LogP contribution is -2.28. The summed E-state index contributed by atoms with van der Waals surface area (Å²) in [5.41, 5.74) is 3.42. The number of hydrogen-bond acceptors (Lipinski definition) is 2. The molecule has 2 atom stereocenters. The molecule has 1 spiro atoms. The molecule has 1 fully saturated rings. The van der Waals surface area contributed by atoms with Crippen molar-refractivity contribution >= 4 is 5.91 Å². The fourth-order valence-corrected chi connectivity index (χ4v) is 3.52. The number of carbonyl (C=O) groups is 1. The molecule has 1 amide bonds. The van der Waals surface area contributed by atoms with Crippen molar-refractivity contribution in [3.63, 3.8) is 0 Å². The van der Waals surface area contributed by atoms with E-state index in [1.54, 1.807) is 7.11 Å². The molecule has 1 aromatic carbocycles. The van der Waals surface area contributed by atoms with E-state index in [4.69, 9.17) is 4.74 Å². The summed E-state index contributed by atoms with van der Waals surface area (Å²) < 4.78 is 4.91. The van der Waals surface area contributed by atoms with Crippen molar-refractivity contribution in [3.8, 4) is 0 Å². The van der Waals surface area contributed by atoms with Crippen LogP contribution in [0.3, 0.4) is 0 Å². The number of rotatable bonds is 5. The van der Waals surface area contributed by atoms with Crippen molar-refractivity contribution in [3.05, 3.63) is 35.4 Å². The Balaban J connectivity index is 1.56. The van der Waals surface area contributed by atoms with Gasteiger partial charge in [0.05, 0.1) is 6.61 Å². The van der Waals surface area contributed by atoms with Gasteiger partial charge in [-0.3, -0.25) is 4.79 Å². The maximum Gasteiger partial charge on any atom is 0.222 e. The van der Waals surface area contributed by atoms with Crippen LogP contribution in [0.5, 0.6) is 0 Å². The van der Waals surface area contributed by atoms with Crippen LogP contribution in [0.2, 0.25) is 0 Å². The molecule has 3 rings (SSSR count). The molecule has 3 heteroatoms. The van der Waals surface area contributed by atoms with Gasteiger partial charge in [0.25, 0.3) is 0 Å². The number of fused-ring (bicyclic) bond motifs is 2. The Kier molecular flexibility index (Phi) is 3.31. The third-order valence-corrected chi connectivity index (χ3v) is 4.71. The quantitative estimate of drug-likeness (QED) is 0.879. The normalized spacial score (nSPS) is 27.3. The van der Waals surface area contributed by atoms with E-state index in [0.29, 0.717) is 24.4 Å². The van der Waals surface area contributed by atoms with Gasteiger partial charge in [-0.05, 0) is 36.3 Å². The van der Waals surface area contributed by atoms with Gasteiger partial charge in [-0.2, -0.15) is 0 Å². The van der Waals surface area contributed by atoms with Crippen molar-refractivity contribution in [1.29, 1.82) is 0 Å². The first-order chi connectivity index (χ1) is 9.26. The number of carbonyl (C=O) groups excluding carboxylic acids is 1. The summed E-state index contributed by atoms with van der Waals surface area (Å²) in [6.07, 6.45) is 4.15. The van der Waals surface area contributed by atoms with Crippen LogP contribution < -0.4 is 5.32 Å². The molecule has 0 bridgehead atoms. The smallest absolute Gasteiger partial charge is 0.222 e. The molecule has 0 heterocycles. The summed E-state index contributed by atoms with van der Waals surface area (Å²) in [5, 5.41) is 3.04. The van der Waals surface area contributed by atoms with E-state index in [1.165, 1.54) is 30.4 Å². The molecular formula is C16H21NO2. The molecule has 19 heavy (non-hydrogen) atoms. The molecular weight excluding hydrogens is 238 g/mol. The SMILES string of the molecule is COCCC(=O)NC[C@H]1C[C@@]12CCc1ccccc12. The maximum absolute atomic E-state index is 11.6. The van der Waals surface area contributed by atoms with Crippen molar-refractivity contribution in [2.24, 2.45) is 5.92 Å². The van der Waals surface area contributed by atoms with Crippen LogP contribution >= 0.6 is 0 Å². The van der Waals surface area contributed by atoms with Gasteiger partial charge in [0.15, 0.2) is 0 Å². The fraction of sp³-hybridized carbons (Fsp3) is 0.562. The molecule has 0 aliphatic heterocycles. The summed E-state index contributed by atoms with van der Waals surface area (Å²) >= 11 is 0. The van der Waals surface area contributed by atoms with Crippen LogP contribution in [-0.2, 0) is 21.4 Å². The third-order valence-electron chi connectivity index (χ3n) is 4.71. The monoisotopic (exact) mass is 259 g/mol. The Morgan fingerprint density at radius 2 is 2.32 bits per heavy atom. The lowest BCUT2D eigenvalue weighted by atomic mass is 9.95. The number of ether oxygens (including phenoxy) is 1. The zero-order chi connectivity index (χ0) is 13.3. The first-order valence-corrected chi connectivity index (χ1v) is 7.10. The molecule has 3 nitrogen and oxygen atoms in total. The van der Waals surface area contributed by atoms with E-state index < -0.39 is 0 Å². The Labute approximate surface area is 114 Å². The molecule has 0 radical (unpaired) electrons. The van der Waals surface area contributed by atoms with Crippen LogP contribution in [-0.4, -0.2) is 26.2 Å². The topological polar surface area (TPSA) is 38.3 Å². The standard InChI is InChI=1S/C16H21NO2/c1-19-9-7-15(18)17-11-13-10-16(13)8-6-12-4-2-3-5-14(12)16/h2-5,13H,6-11H2,1H3,(H,17,18)/t13-,16+/m1/s1. The minimum absolute atomic E-state index is 0.107. The second-order valence-corrected chi connectivity index (χ2v) is 5.76. The average Bonchev–Trinajstić information content (AvgIpc) is 3.02. The Bertz CT molecular complexity index is 485. The van der Waals surface area contributed by atoms with Gasteiger partial charge < -0.3 is 10.1 Å². The predicted octanol–water partition coefficient (Wildman–Crippen LogP) is 2.04. The van der Waals surface area contributed by atoms with Gasteiger partial charge in [0.2, 0.25) is 5.91 Å². The highest BCUT2D eigenvalue weighted by Gasteiger charge is 2.57. The minimum Gasteiger partial charge on any atom is -0.384 e. The van der Waals surface area contributed by atoms with Gasteiger partial charge in [0, 0.05) is 25.5 Å². The Hall–Kier alpha value is -1.35. The highest BCUT2D eigenvalue weighted by molar-refractivity contribution is 5.76. The molecule has 102 valence electrons. The highest BCUT2D eigenvalue weighted by Crippen LogP contribution is 2.61. The molecule has 1 saturated carbocycles. The van der Waals surface area contributed by atoms with Gasteiger partial charge in [-0.1, -0.05) is 24.3 Å². The first-order valence-electron chi connectivity index (χ1n) is 7.10. The van der Waals surface area contributed by atoms with E-state index in [1.807, 2.05) is 0 Å². The second-order valence-electron chi connectivity index (χ2n) is 5.76. The summed E-state index contributed by atoms with van der Waals surface area (Å²) in [7, 11) is 1.62. The third kappa shape index (κ3) is 2.27. The molecule has 2 aliphatic carbocycles. The summed E-state index contributed by atoms with van der Waals surface area (Å²) in [4.78, 5) is 11.6. The molecule has 0 aromatic heterocycles. The van der Waals surface area contributed by atoms with Crippen LogP contribution in [0.4, 0.5) is 0 Å². The molecule has 2 aliphatic rings. The fourth-order valence-electron chi connectivity index (χ4n) is 3.52. The van der Waals surface area contributed by atoms with E-state index >= 15 is 0 Å². The van der Waals surface area contributed by atoms with E-state index in [2.05, 4.69) is 29.6 Å². The van der Waals surface area contributed by atoms with Crippen LogP contribution in [0, 0.1) is 5.92 Å². The molecule has 1 aromatic rings. The number of methoxy groups -OCH3 is 1. The van der Waals surface area contributed by atoms with Gasteiger partial charge in [-0.25, -0.2) is 0 Å². The average molecular weight is 259 g/mol. The maximum atomic E-state index is 11.6. The lowest BCUT2D eigenvalue weighted by molar-refractivity contribution is -0.122. The van der Waals surface area contributed by atoms with Crippen molar-refractivity contribution in [1.82, 2.24) is 5.32 Å². The summed E-state index contributed by atoms with van der Waals surface area (Å²) in [5.74, 6) is 0.734. The Morgan fingerprint density at radius 3 is 3.16 bits per heavy atom. The zero-order valence-electron chi connectivity index (χ0n) is 11.4. The van der Waals surface area contributed by atoms with E-state index in [-0.39, 0.29) is 5.91 Å². The van der Waals surface area contributed by atoms with Crippen LogP contribution in [0.25, 0.3) is 0 Å². The van der Waals surface area contributed by atoms with E-state index in [9.17, 15) is 4.79 Å². The summed E-state index contributed by atoms with van der Waals surface area (Å²) in [6.45, 7) is 1.32. The Morgan fingerprint density at radius 1 is 1.47 bits per heavy atom. The number of nitrogens with one attached hydrogen (secondary N) is 1. The zero-order valence-corrected chi connectivity index (χ0v) is 11.4. The highest BCUT2D eigenvalue weighted by atomic mass is 16.5. The van der Waals surface area contributed by atoms with Crippen LogP contribution in [0.1, 0.15) is 30.4 Å². The molecule has 0 saturated heterocycles.